The lowest BCUT2D eigenvalue weighted by Crippen LogP contribution is -2.49. The molecule has 0 bridgehead atoms. The van der Waals surface area contributed by atoms with E-state index in [9.17, 15) is 13.6 Å². The molecule has 2 heterocycles. The van der Waals surface area contributed by atoms with E-state index >= 15 is 0 Å². The van der Waals surface area contributed by atoms with Crippen molar-refractivity contribution in [2.45, 2.75) is 25.7 Å². The predicted molar refractivity (Wildman–Crippen MR) is 73.3 cm³/mol. The summed E-state index contributed by atoms with van der Waals surface area (Å²) < 4.78 is 25.8. The number of rotatable bonds is 3. The molecule has 0 N–H and O–H groups in total. The van der Waals surface area contributed by atoms with Gasteiger partial charge in [0.05, 0.1) is 0 Å². The Balaban J connectivity index is 1.55. The van der Waals surface area contributed by atoms with Crippen LogP contribution >= 0.6 is 11.3 Å². The highest BCUT2D eigenvalue weighted by Crippen LogP contribution is 2.49. The van der Waals surface area contributed by atoms with Crippen LogP contribution in [-0.2, 0) is 11.2 Å². The van der Waals surface area contributed by atoms with E-state index in [1.165, 1.54) is 4.88 Å². The van der Waals surface area contributed by atoms with Gasteiger partial charge in [0, 0.05) is 43.7 Å². The van der Waals surface area contributed by atoms with Gasteiger partial charge in [-0.1, -0.05) is 6.92 Å². The molecule has 1 aromatic rings. The number of alkyl halides is 2. The minimum Gasteiger partial charge on any atom is -0.345 e. The number of halogens is 2. The van der Waals surface area contributed by atoms with Crippen LogP contribution < -0.4 is 4.90 Å². The zero-order valence-corrected chi connectivity index (χ0v) is 12.1. The van der Waals surface area contributed by atoms with Crippen LogP contribution in [0.4, 0.5) is 13.9 Å². The number of hydrogen-bond acceptors (Lipinski definition) is 4. The van der Waals surface area contributed by atoms with Gasteiger partial charge in [-0.2, -0.15) is 0 Å². The first-order valence-electron chi connectivity index (χ1n) is 6.87. The third-order valence-electron chi connectivity index (χ3n) is 3.88. The minimum absolute atomic E-state index is 0.279. The summed E-state index contributed by atoms with van der Waals surface area (Å²) in [6.07, 6.45) is 2.56. The van der Waals surface area contributed by atoms with Gasteiger partial charge in [-0.25, -0.2) is 13.8 Å². The van der Waals surface area contributed by atoms with Gasteiger partial charge >= 0.3 is 0 Å². The van der Waals surface area contributed by atoms with Crippen LogP contribution in [0.2, 0.25) is 0 Å². The van der Waals surface area contributed by atoms with Crippen molar-refractivity contribution < 1.29 is 13.6 Å². The molecule has 7 heteroatoms. The molecule has 1 unspecified atom stereocenters. The van der Waals surface area contributed by atoms with Gasteiger partial charge in [0.2, 0.25) is 5.91 Å². The smallest absolute Gasteiger partial charge is 0.260 e. The minimum atomic E-state index is -2.76. The van der Waals surface area contributed by atoms with E-state index < -0.39 is 11.8 Å². The number of carbonyl (C=O) groups excluding carboxylic acids is 1. The van der Waals surface area contributed by atoms with E-state index in [4.69, 9.17) is 0 Å². The first-order valence-corrected chi connectivity index (χ1v) is 7.69. The van der Waals surface area contributed by atoms with Crippen molar-refractivity contribution in [1.82, 2.24) is 9.88 Å². The summed E-state index contributed by atoms with van der Waals surface area (Å²) in [4.78, 5) is 21.2. The Hall–Kier alpha value is -1.24. The average molecular weight is 301 g/mol. The molecule has 4 nitrogen and oxygen atoms in total. The summed E-state index contributed by atoms with van der Waals surface area (Å²) in [7, 11) is 0. The number of anilines is 1. The number of thiazole rings is 1. The van der Waals surface area contributed by atoms with Gasteiger partial charge in [0.15, 0.2) is 5.13 Å². The Morgan fingerprint density at radius 1 is 1.45 bits per heavy atom. The zero-order valence-electron chi connectivity index (χ0n) is 11.3. The lowest BCUT2D eigenvalue weighted by molar-refractivity contribution is -0.135. The number of amides is 1. The monoisotopic (exact) mass is 301 g/mol. The molecule has 0 spiro atoms. The fourth-order valence-corrected chi connectivity index (χ4v) is 3.33. The molecule has 3 rings (SSSR count). The summed E-state index contributed by atoms with van der Waals surface area (Å²) >= 11 is 1.66. The van der Waals surface area contributed by atoms with E-state index in [0.29, 0.717) is 26.2 Å². The maximum Gasteiger partial charge on any atom is 0.260 e. The molecular weight excluding hydrogens is 284 g/mol. The van der Waals surface area contributed by atoms with E-state index in [1.54, 1.807) is 16.2 Å². The van der Waals surface area contributed by atoms with Gasteiger partial charge in [0.25, 0.3) is 5.92 Å². The predicted octanol–water partition coefficient (Wildman–Crippen LogP) is 2.01. The van der Waals surface area contributed by atoms with Crippen molar-refractivity contribution in [2.75, 3.05) is 31.1 Å². The average Bonchev–Trinajstić information content (AvgIpc) is 2.90. The van der Waals surface area contributed by atoms with Crippen LogP contribution in [0, 0.1) is 5.92 Å². The normalized spacial score (nSPS) is 24.9. The third-order valence-corrected chi connectivity index (χ3v) is 5.08. The van der Waals surface area contributed by atoms with E-state index in [1.807, 2.05) is 6.20 Å². The Morgan fingerprint density at radius 3 is 2.60 bits per heavy atom. The summed E-state index contributed by atoms with van der Waals surface area (Å²) in [5.41, 5.74) is 0. The number of aryl methyl sites for hydroxylation is 1. The molecule has 0 aromatic carbocycles. The lowest BCUT2D eigenvalue weighted by Gasteiger charge is -2.34. The summed E-state index contributed by atoms with van der Waals surface area (Å²) in [6, 6.07) is 0. The number of carbonyl (C=O) groups is 1. The van der Waals surface area contributed by atoms with Crippen LogP contribution in [0.15, 0.2) is 6.20 Å². The number of aromatic nitrogens is 1. The standard InChI is InChI=1S/C13H17F2N3OS/c1-2-9-8-16-12(20-9)18-5-3-17(4-6-18)11(19)10-7-13(10,14)15/h8,10H,2-7H2,1H3. The molecular formula is C13H17F2N3OS. The van der Waals surface area contributed by atoms with Gasteiger partial charge in [0.1, 0.15) is 5.92 Å². The first-order chi connectivity index (χ1) is 9.51. The number of nitrogens with zero attached hydrogens (tertiary/aromatic N) is 3. The van der Waals surface area contributed by atoms with Gasteiger partial charge in [-0.3, -0.25) is 4.79 Å². The fraction of sp³-hybridized carbons (Fsp3) is 0.692. The van der Waals surface area contributed by atoms with Crippen molar-refractivity contribution in [3.63, 3.8) is 0 Å². The molecule has 1 aliphatic carbocycles. The topological polar surface area (TPSA) is 36.4 Å². The fourth-order valence-electron chi connectivity index (χ4n) is 2.43. The van der Waals surface area contributed by atoms with Crippen LogP contribution in [0.1, 0.15) is 18.2 Å². The highest BCUT2D eigenvalue weighted by Gasteiger charge is 2.62. The second kappa shape index (κ2) is 4.95. The Labute approximate surface area is 120 Å². The molecule has 1 aliphatic heterocycles. The lowest BCUT2D eigenvalue weighted by atomic mass is 10.2. The van der Waals surface area contributed by atoms with Crippen LogP contribution in [-0.4, -0.2) is 47.9 Å². The molecule has 1 atom stereocenters. The maximum atomic E-state index is 12.9. The SMILES string of the molecule is CCc1cnc(N2CCN(C(=O)C3CC3(F)F)CC2)s1. The Morgan fingerprint density at radius 2 is 2.10 bits per heavy atom. The van der Waals surface area contributed by atoms with Crippen molar-refractivity contribution in [2.24, 2.45) is 5.92 Å². The van der Waals surface area contributed by atoms with Gasteiger partial charge < -0.3 is 9.80 Å². The van der Waals surface area contributed by atoms with Gasteiger partial charge in [-0.05, 0) is 6.42 Å². The van der Waals surface area contributed by atoms with Crippen LogP contribution in [0.5, 0.6) is 0 Å². The molecule has 110 valence electrons. The molecule has 2 fully saturated rings. The quantitative estimate of drug-likeness (QED) is 0.857. The Kier molecular flexibility index (Phi) is 3.40. The highest BCUT2D eigenvalue weighted by molar-refractivity contribution is 7.15. The number of piperazine rings is 1. The summed E-state index contributed by atoms with van der Waals surface area (Å²) in [6.45, 7) is 4.43. The molecule has 1 saturated carbocycles. The molecule has 1 saturated heterocycles. The van der Waals surface area contributed by atoms with E-state index in [-0.39, 0.29) is 12.3 Å². The first kappa shape index (κ1) is 13.7. The molecule has 20 heavy (non-hydrogen) atoms. The second-order valence-electron chi connectivity index (χ2n) is 5.29. The number of hydrogen-bond donors (Lipinski definition) is 0. The van der Waals surface area contributed by atoms with Crippen LogP contribution in [0.3, 0.4) is 0 Å². The van der Waals surface area contributed by atoms with E-state index in [0.717, 1.165) is 11.6 Å². The largest absolute Gasteiger partial charge is 0.345 e. The van der Waals surface area contributed by atoms with Crippen molar-refractivity contribution in [3.05, 3.63) is 11.1 Å². The zero-order chi connectivity index (χ0) is 14.3. The van der Waals surface area contributed by atoms with Crippen molar-refractivity contribution in [3.8, 4) is 0 Å². The second-order valence-corrected chi connectivity index (χ2v) is 6.39. The van der Waals surface area contributed by atoms with Crippen molar-refractivity contribution >= 4 is 22.4 Å². The molecule has 0 radical (unpaired) electrons. The van der Waals surface area contributed by atoms with Crippen molar-refractivity contribution in [1.29, 1.82) is 0 Å². The molecule has 1 aromatic heterocycles. The van der Waals surface area contributed by atoms with E-state index in [2.05, 4.69) is 16.8 Å². The van der Waals surface area contributed by atoms with Gasteiger partial charge in [-0.15, -0.1) is 11.3 Å². The highest BCUT2D eigenvalue weighted by atomic mass is 32.1. The summed E-state index contributed by atoms with van der Waals surface area (Å²) in [5.74, 6) is -4.22. The summed E-state index contributed by atoms with van der Waals surface area (Å²) in [5, 5.41) is 0.964. The Bertz CT molecular complexity index is 511. The maximum absolute atomic E-state index is 12.9. The molecule has 2 aliphatic rings. The van der Waals surface area contributed by atoms with Crippen LogP contribution in [0.25, 0.3) is 0 Å². The third kappa shape index (κ3) is 2.51. The molecule has 1 amide bonds.